The molecule has 0 spiro atoms. The Hall–Kier alpha value is -1.60. The van der Waals surface area contributed by atoms with E-state index >= 15 is 0 Å². The fraction of sp³-hybridized carbons (Fsp3) is 0.500. The molecular formula is C12H14N4. The zero-order valence-electron chi connectivity index (χ0n) is 9.06. The Bertz CT molecular complexity index is 412. The summed E-state index contributed by atoms with van der Waals surface area (Å²) in [5, 5.41) is 12.2. The normalized spacial score (nSPS) is 27.8. The van der Waals surface area contributed by atoms with Crippen LogP contribution < -0.4 is 10.2 Å². The van der Waals surface area contributed by atoms with Crippen molar-refractivity contribution in [3.63, 3.8) is 0 Å². The highest BCUT2D eigenvalue weighted by atomic mass is 15.3. The largest absolute Gasteiger partial charge is 0.351 e. The number of piperazine rings is 1. The molecule has 4 nitrogen and oxygen atoms in total. The molecule has 3 aliphatic heterocycles. The van der Waals surface area contributed by atoms with Crippen LogP contribution in [0.5, 0.6) is 0 Å². The molecule has 4 rings (SSSR count). The minimum Gasteiger partial charge on any atom is -0.351 e. The van der Waals surface area contributed by atoms with E-state index in [-0.39, 0.29) is 0 Å². The topological polar surface area (TPSA) is 52.0 Å². The zero-order chi connectivity index (χ0) is 11.0. The van der Waals surface area contributed by atoms with E-state index in [4.69, 9.17) is 5.26 Å². The molecule has 0 amide bonds. The van der Waals surface area contributed by atoms with Gasteiger partial charge in [0.15, 0.2) is 0 Å². The molecule has 3 saturated heterocycles. The monoisotopic (exact) mass is 214 g/mol. The van der Waals surface area contributed by atoms with Crippen molar-refractivity contribution in [1.29, 1.82) is 5.26 Å². The van der Waals surface area contributed by atoms with Crippen molar-refractivity contribution in [3.8, 4) is 6.07 Å². The standard InChI is InChI=1S/C12H14N4/c13-5-9-1-4-12(15-6-9)16-8-10-2-3-11(16)7-14-10/h1,4,6,10-11,14H,2-3,7-8H2. The van der Waals surface area contributed by atoms with Gasteiger partial charge in [0, 0.05) is 31.4 Å². The van der Waals surface area contributed by atoms with Crippen LogP contribution in [-0.4, -0.2) is 30.2 Å². The lowest BCUT2D eigenvalue weighted by Crippen LogP contribution is -2.61. The first-order chi connectivity index (χ1) is 7.86. The fourth-order valence-corrected chi connectivity index (χ4v) is 2.61. The molecule has 2 unspecified atom stereocenters. The van der Waals surface area contributed by atoms with Gasteiger partial charge in [-0.15, -0.1) is 0 Å². The van der Waals surface area contributed by atoms with Gasteiger partial charge < -0.3 is 10.2 Å². The number of nitrogens with one attached hydrogen (secondary N) is 1. The van der Waals surface area contributed by atoms with Gasteiger partial charge in [-0.1, -0.05) is 0 Å². The number of pyridine rings is 1. The van der Waals surface area contributed by atoms with Gasteiger partial charge in [0.2, 0.25) is 0 Å². The molecule has 1 N–H and O–H groups in total. The van der Waals surface area contributed by atoms with Gasteiger partial charge in [0.25, 0.3) is 0 Å². The van der Waals surface area contributed by atoms with E-state index in [2.05, 4.69) is 21.3 Å². The summed E-state index contributed by atoms with van der Waals surface area (Å²) in [4.78, 5) is 6.73. The third kappa shape index (κ3) is 1.54. The van der Waals surface area contributed by atoms with E-state index in [1.807, 2.05) is 12.1 Å². The highest BCUT2D eigenvalue weighted by molar-refractivity contribution is 5.44. The second-order valence-electron chi connectivity index (χ2n) is 4.51. The molecule has 0 aromatic carbocycles. The lowest BCUT2D eigenvalue weighted by atomic mass is 9.93. The average molecular weight is 214 g/mol. The lowest BCUT2D eigenvalue weighted by Gasteiger charge is -2.46. The summed E-state index contributed by atoms with van der Waals surface area (Å²) in [5.74, 6) is 1.01. The predicted octanol–water partition coefficient (Wildman–Crippen LogP) is 0.894. The molecule has 3 aliphatic rings. The first-order valence-electron chi connectivity index (χ1n) is 5.73. The van der Waals surface area contributed by atoms with Crippen LogP contribution in [0.25, 0.3) is 0 Å². The Morgan fingerprint density at radius 2 is 2.38 bits per heavy atom. The third-order valence-electron chi connectivity index (χ3n) is 3.52. The minimum atomic E-state index is 0.574. The number of nitrogens with zero attached hydrogens (tertiary/aromatic N) is 3. The first-order valence-corrected chi connectivity index (χ1v) is 5.73. The molecule has 4 heterocycles. The molecular weight excluding hydrogens is 200 g/mol. The quantitative estimate of drug-likeness (QED) is 0.754. The maximum absolute atomic E-state index is 8.73. The summed E-state index contributed by atoms with van der Waals surface area (Å²) < 4.78 is 0. The van der Waals surface area contributed by atoms with Gasteiger partial charge in [-0.05, 0) is 25.0 Å². The summed E-state index contributed by atoms with van der Waals surface area (Å²) in [6.07, 6.45) is 4.18. The van der Waals surface area contributed by atoms with Crippen molar-refractivity contribution in [1.82, 2.24) is 10.3 Å². The lowest BCUT2D eigenvalue weighted by molar-refractivity contribution is 0.289. The van der Waals surface area contributed by atoms with Crippen LogP contribution in [0, 0.1) is 11.3 Å². The highest BCUT2D eigenvalue weighted by Crippen LogP contribution is 2.26. The molecule has 2 atom stereocenters. The van der Waals surface area contributed by atoms with Crippen molar-refractivity contribution in [3.05, 3.63) is 23.9 Å². The first kappa shape index (κ1) is 9.61. The van der Waals surface area contributed by atoms with Crippen molar-refractivity contribution in [2.45, 2.75) is 24.9 Å². The van der Waals surface area contributed by atoms with Gasteiger partial charge in [-0.2, -0.15) is 5.26 Å². The van der Waals surface area contributed by atoms with Gasteiger partial charge >= 0.3 is 0 Å². The van der Waals surface area contributed by atoms with Crippen LogP contribution >= 0.6 is 0 Å². The fourth-order valence-electron chi connectivity index (χ4n) is 2.61. The molecule has 1 aromatic rings. The molecule has 4 heteroatoms. The number of nitriles is 1. The predicted molar refractivity (Wildman–Crippen MR) is 61.1 cm³/mol. The van der Waals surface area contributed by atoms with E-state index in [1.165, 1.54) is 12.8 Å². The van der Waals surface area contributed by atoms with E-state index < -0.39 is 0 Å². The smallest absolute Gasteiger partial charge is 0.128 e. The Morgan fingerprint density at radius 1 is 1.44 bits per heavy atom. The molecule has 0 aliphatic carbocycles. The van der Waals surface area contributed by atoms with E-state index in [9.17, 15) is 0 Å². The Labute approximate surface area is 94.9 Å². The average Bonchev–Trinajstić information content (AvgIpc) is 2.40. The van der Waals surface area contributed by atoms with Gasteiger partial charge in [0.05, 0.1) is 5.56 Å². The van der Waals surface area contributed by atoms with Gasteiger partial charge in [-0.3, -0.25) is 0 Å². The molecule has 16 heavy (non-hydrogen) atoms. The molecule has 0 radical (unpaired) electrons. The number of hydrogen-bond donors (Lipinski definition) is 1. The maximum atomic E-state index is 8.73. The van der Waals surface area contributed by atoms with Crippen LogP contribution in [0.2, 0.25) is 0 Å². The molecule has 82 valence electrons. The van der Waals surface area contributed by atoms with Crippen molar-refractivity contribution >= 4 is 5.82 Å². The van der Waals surface area contributed by atoms with Crippen LogP contribution in [-0.2, 0) is 0 Å². The summed E-state index contributed by atoms with van der Waals surface area (Å²) >= 11 is 0. The SMILES string of the molecule is N#Cc1ccc(N2CC3CCC2CN3)nc1. The summed E-state index contributed by atoms with van der Waals surface area (Å²) in [6, 6.07) is 7.09. The second-order valence-corrected chi connectivity index (χ2v) is 4.51. The Morgan fingerprint density at radius 3 is 2.88 bits per heavy atom. The zero-order valence-corrected chi connectivity index (χ0v) is 9.06. The van der Waals surface area contributed by atoms with E-state index in [0.717, 1.165) is 18.9 Å². The van der Waals surface area contributed by atoms with Crippen LogP contribution in [0.3, 0.4) is 0 Å². The van der Waals surface area contributed by atoms with E-state index in [1.54, 1.807) is 6.20 Å². The Kier molecular flexibility index (Phi) is 2.26. The van der Waals surface area contributed by atoms with E-state index in [0.29, 0.717) is 17.6 Å². The molecule has 3 fully saturated rings. The highest BCUT2D eigenvalue weighted by Gasteiger charge is 2.33. The molecule has 1 aromatic heterocycles. The summed E-state index contributed by atoms with van der Waals surface area (Å²) in [6.45, 7) is 2.11. The van der Waals surface area contributed by atoms with Crippen LogP contribution in [0.1, 0.15) is 18.4 Å². The summed E-state index contributed by atoms with van der Waals surface area (Å²) in [7, 11) is 0. The summed E-state index contributed by atoms with van der Waals surface area (Å²) in [5.41, 5.74) is 0.629. The third-order valence-corrected chi connectivity index (χ3v) is 3.52. The second kappa shape index (κ2) is 3.76. The number of hydrogen-bond acceptors (Lipinski definition) is 4. The maximum Gasteiger partial charge on any atom is 0.128 e. The van der Waals surface area contributed by atoms with Gasteiger partial charge in [0.1, 0.15) is 11.9 Å². The van der Waals surface area contributed by atoms with Crippen molar-refractivity contribution in [2.24, 2.45) is 0 Å². The van der Waals surface area contributed by atoms with Crippen molar-refractivity contribution < 1.29 is 0 Å². The van der Waals surface area contributed by atoms with Crippen molar-refractivity contribution in [2.75, 3.05) is 18.0 Å². The van der Waals surface area contributed by atoms with Crippen LogP contribution in [0.4, 0.5) is 5.82 Å². The molecule has 0 saturated carbocycles. The number of piperidine rings is 2. The van der Waals surface area contributed by atoms with Crippen LogP contribution in [0.15, 0.2) is 18.3 Å². The number of fused-ring (bicyclic) bond motifs is 3. The number of anilines is 1. The number of rotatable bonds is 1. The van der Waals surface area contributed by atoms with Gasteiger partial charge in [-0.25, -0.2) is 4.98 Å². The Balaban J connectivity index is 1.84. The minimum absolute atomic E-state index is 0.574. The molecule has 2 bridgehead atoms. The number of aromatic nitrogens is 1.